The van der Waals surface area contributed by atoms with Gasteiger partial charge in [0.25, 0.3) is 0 Å². The molecule has 0 bridgehead atoms. The van der Waals surface area contributed by atoms with E-state index in [2.05, 4.69) is 38.6 Å². The molecule has 1 aliphatic carbocycles. The van der Waals surface area contributed by atoms with Crippen molar-refractivity contribution in [2.75, 3.05) is 10.6 Å². The van der Waals surface area contributed by atoms with Crippen LogP contribution in [0.1, 0.15) is 33.6 Å². The molecule has 1 aromatic rings. The Morgan fingerprint density at radius 2 is 1.89 bits per heavy atom. The predicted octanol–water partition coefficient (Wildman–Crippen LogP) is 2.20. The number of halogens is 1. The van der Waals surface area contributed by atoms with E-state index in [1.807, 2.05) is 0 Å². The van der Waals surface area contributed by atoms with Gasteiger partial charge in [-0.25, -0.2) is 0 Å². The van der Waals surface area contributed by atoms with Crippen LogP contribution in [0, 0.1) is 11.3 Å². The van der Waals surface area contributed by atoms with E-state index in [9.17, 15) is 0 Å². The number of nitrogens with one attached hydrogen (secondary N) is 2. The molecule has 0 aliphatic heterocycles. The molecule has 2 N–H and O–H groups in total. The molecule has 0 atom stereocenters. The lowest BCUT2D eigenvalue weighted by Gasteiger charge is -2.18. The van der Waals surface area contributed by atoms with E-state index >= 15 is 0 Å². The summed E-state index contributed by atoms with van der Waals surface area (Å²) >= 11 is 5.85. The first-order valence-corrected chi connectivity index (χ1v) is 6.09. The van der Waals surface area contributed by atoms with Gasteiger partial charge >= 0.3 is 0 Å². The zero-order valence-electron chi connectivity index (χ0n) is 10.6. The molecule has 7 heteroatoms. The van der Waals surface area contributed by atoms with Gasteiger partial charge in [0.05, 0.1) is 6.07 Å². The van der Waals surface area contributed by atoms with Crippen molar-refractivity contribution in [2.24, 2.45) is 0 Å². The third-order valence-electron chi connectivity index (χ3n) is 2.73. The second-order valence-corrected chi connectivity index (χ2v) is 5.64. The van der Waals surface area contributed by atoms with Gasteiger partial charge < -0.3 is 10.6 Å². The van der Waals surface area contributed by atoms with Crippen LogP contribution in [0.15, 0.2) is 0 Å². The molecule has 0 spiro atoms. The molecular weight excluding hydrogens is 252 g/mol. The molecule has 1 aromatic heterocycles. The Balaban J connectivity index is 2.19. The van der Waals surface area contributed by atoms with E-state index in [4.69, 9.17) is 16.9 Å². The second kappa shape index (κ2) is 4.25. The van der Waals surface area contributed by atoms with Crippen LogP contribution in [0.3, 0.4) is 0 Å². The third kappa shape index (κ3) is 3.20. The maximum atomic E-state index is 8.96. The van der Waals surface area contributed by atoms with Gasteiger partial charge in [0.1, 0.15) is 5.54 Å². The fraction of sp³-hybridized carbons (Fsp3) is 0.636. The van der Waals surface area contributed by atoms with Crippen LogP contribution in [-0.4, -0.2) is 26.0 Å². The van der Waals surface area contributed by atoms with Crippen LogP contribution in [0.25, 0.3) is 0 Å². The van der Waals surface area contributed by atoms with Crippen molar-refractivity contribution in [2.45, 2.75) is 44.7 Å². The van der Waals surface area contributed by atoms with Gasteiger partial charge in [0.2, 0.25) is 17.2 Å². The summed E-state index contributed by atoms with van der Waals surface area (Å²) in [6.45, 7) is 5.57. The average Bonchev–Trinajstić information content (AvgIpc) is 2.94. The minimum Gasteiger partial charge on any atom is -0.349 e. The number of nitrogens with zero attached hydrogens (tertiary/aromatic N) is 4. The van der Waals surface area contributed by atoms with Gasteiger partial charge in [-0.1, -0.05) is 0 Å². The van der Waals surface area contributed by atoms with Gasteiger partial charge in [-0.05, 0) is 45.2 Å². The molecule has 1 saturated carbocycles. The van der Waals surface area contributed by atoms with E-state index in [1.165, 1.54) is 0 Å². The number of nitriles is 1. The van der Waals surface area contributed by atoms with Crippen LogP contribution in [0.2, 0.25) is 5.28 Å². The summed E-state index contributed by atoms with van der Waals surface area (Å²) in [5.74, 6) is 0.736. The van der Waals surface area contributed by atoms with Crippen LogP contribution in [0.4, 0.5) is 11.9 Å². The molecule has 0 saturated heterocycles. The summed E-state index contributed by atoms with van der Waals surface area (Å²) < 4.78 is 0. The van der Waals surface area contributed by atoms with E-state index < -0.39 is 5.54 Å². The molecule has 1 heterocycles. The second-order valence-electron chi connectivity index (χ2n) is 5.30. The Kier molecular flexibility index (Phi) is 3.03. The van der Waals surface area contributed by atoms with Gasteiger partial charge in [0, 0.05) is 5.54 Å². The van der Waals surface area contributed by atoms with Crippen molar-refractivity contribution in [3.63, 3.8) is 0 Å². The van der Waals surface area contributed by atoms with Gasteiger partial charge in [-0.2, -0.15) is 20.2 Å². The van der Waals surface area contributed by atoms with Crippen molar-refractivity contribution >= 4 is 23.5 Å². The summed E-state index contributed by atoms with van der Waals surface area (Å²) in [4.78, 5) is 12.2. The van der Waals surface area contributed by atoms with Crippen LogP contribution in [-0.2, 0) is 0 Å². The number of rotatable bonds is 4. The SMILES string of the molecule is CC(C)(C#N)Nc1nc(Cl)nc(NC2(C)CC2)n1. The molecular formula is C11H15ClN6. The molecule has 0 amide bonds. The zero-order chi connectivity index (χ0) is 13.4. The van der Waals surface area contributed by atoms with Crippen molar-refractivity contribution < 1.29 is 0 Å². The molecule has 1 aliphatic rings. The van der Waals surface area contributed by atoms with E-state index in [1.54, 1.807) is 13.8 Å². The largest absolute Gasteiger partial charge is 0.349 e. The minimum absolute atomic E-state index is 0.0622. The maximum absolute atomic E-state index is 8.96. The average molecular weight is 267 g/mol. The number of hydrogen-bond acceptors (Lipinski definition) is 6. The van der Waals surface area contributed by atoms with Crippen molar-refractivity contribution in [3.05, 3.63) is 5.28 Å². The summed E-state index contributed by atoms with van der Waals surface area (Å²) in [7, 11) is 0. The summed E-state index contributed by atoms with van der Waals surface area (Å²) in [5, 5.41) is 15.2. The van der Waals surface area contributed by atoms with Crippen molar-refractivity contribution in [1.29, 1.82) is 5.26 Å². The third-order valence-corrected chi connectivity index (χ3v) is 2.89. The molecule has 0 aromatic carbocycles. The lowest BCUT2D eigenvalue weighted by molar-refractivity contribution is 0.713. The van der Waals surface area contributed by atoms with Gasteiger partial charge in [-0.3, -0.25) is 0 Å². The minimum atomic E-state index is -0.758. The first-order chi connectivity index (χ1) is 8.32. The smallest absolute Gasteiger partial charge is 0.230 e. The topological polar surface area (TPSA) is 86.5 Å². The number of aromatic nitrogens is 3. The quantitative estimate of drug-likeness (QED) is 0.869. The highest BCUT2D eigenvalue weighted by atomic mass is 35.5. The predicted molar refractivity (Wildman–Crippen MR) is 69.4 cm³/mol. The Hall–Kier alpha value is -1.61. The molecule has 18 heavy (non-hydrogen) atoms. The summed E-state index contributed by atoms with van der Waals surface area (Å²) in [6, 6.07) is 2.11. The highest BCUT2D eigenvalue weighted by Gasteiger charge is 2.38. The Labute approximate surface area is 111 Å². The van der Waals surface area contributed by atoms with Crippen LogP contribution in [0.5, 0.6) is 0 Å². The van der Waals surface area contributed by atoms with Crippen molar-refractivity contribution in [3.8, 4) is 6.07 Å². The highest BCUT2D eigenvalue weighted by Crippen LogP contribution is 2.37. The maximum Gasteiger partial charge on any atom is 0.230 e. The summed E-state index contributed by atoms with van der Waals surface area (Å²) in [6.07, 6.45) is 2.17. The highest BCUT2D eigenvalue weighted by molar-refractivity contribution is 6.28. The Morgan fingerprint density at radius 3 is 2.44 bits per heavy atom. The molecule has 0 unspecified atom stereocenters. The summed E-state index contributed by atoms with van der Waals surface area (Å²) in [5.41, 5.74) is -0.696. The molecule has 96 valence electrons. The standard InChI is InChI=1S/C11H15ClN6/c1-10(2,6-13)17-8-14-7(12)15-9(16-8)18-11(3)4-5-11/h4-5H2,1-3H3,(H2,14,15,16,17,18). The molecule has 0 radical (unpaired) electrons. The normalized spacial score (nSPS) is 16.8. The lowest BCUT2D eigenvalue weighted by Crippen LogP contribution is -2.30. The first-order valence-electron chi connectivity index (χ1n) is 5.71. The molecule has 1 fully saturated rings. The van der Waals surface area contributed by atoms with Crippen molar-refractivity contribution in [1.82, 2.24) is 15.0 Å². The Bertz CT molecular complexity index is 503. The monoisotopic (exact) mass is 266 g/mol. The fourth-order valence-corrected chi connectivity index (χ4v) is 1.51. The zero-order valence-corrected chi connectivity index (χ0v) is 11.3. The van der Waals surface area contributed by atoms with E-state index in [0.29, 0.717) is 11.9 Å². The Morgan fingerprint density at radius 1 is 1.28 bits per heavy atom. The molecule has 2 rings (SSSR count). The first kappa shape index (κ1) is 12.8. The molecule has 6 nitrogen and oxygen atoms in total. The van der Waals surface area contributed by atoms with E-state index in [0.717, 1.165) is 12.8 Å². The van der Waals surface area contributed by atoms with E-state index in [-0.39, 0.29) is 10.8 Å². The fourth-order valence-electron chi connectivity index (χ4n) is 1.35. The van der Waals surface area contributed by atoms with Crippen LogP contribution < -0.4 is 10.6 Å². The van der Waals surface area contributed by atoms with Gasteiger partial charge in [-0.15, -0.1) is 0 Å². The van der Waals surface area contributed by atoms with Crippen LogP contribution >= 0.6 is 11.6 Å². The number of anilines is 2. The lowest BCUT2D eigenvalue weighted by atomic mass is 10.1. The van der Waals surface area contributed by atoms with Gasteiger partial charge in [0.15, 0.2) is 0 Å². The number of hydrogen-bond donors (Lipinski definition) is 2.